The number of benzene rings is 2. The van der Waals surface area contributed by atoms with Gasteiger partial charge in [-0.05, 0) is 30.3 Å². The van der Waals surface area contributed by atoms with E-state index in [1.54, 1.807) is 42.5 Å². The molecule has 35 heavy (non-hydrogen) atoms. The van der Waals surface area contributed by atoms with Crippen molar-refractivity contribution in [2.75, 3.05) is 21.3 Å². The highest BCUT2D eigenvalue weighted by Gasteiger charge is 2.36. The average Bonchev–Trinajstić information content (AvgIpc) is 3.28. The van der Waals surface area contributed by atoms with Crippen molar-refractivity contribution in [3.8, 4) is 28.8 Å². The zero-order valence-corrected chi connectivity index (χ0v) is 19.6. The molecule has 11 nitrogen and oxygen atoms in total. The molecule has 0 saturated carbocycles. The van der Waals surface area contributed by atoms with Gasteiger partial charge in [0.1, 0.15) is 22.8 Å². The second-order valence-corrected chi connectivity index (χ2v) is 7.70. The fourth-order valence-corrected chi connectivity index (χ4v) is 4.12. The number of nitrogens with zero attached hydrogens (tertiary/aromatic N) is 3. The first-order valence-electron chi connectivity index (χ1n) is 10.6. The normalized spacial score (nSPS) is 15.0. The van der Waals surface area contributed by atoms with E-state index in [2.05, 4.69) is 10.1 Å². The maximum absolute atomic E-state index is 12.8. The van der Waals surface area contributed by atoms with Crippen LogP contribution in [0.4, 0.5) is 0 Å². The van der Waals surface area contributed by atoms with Crippen LogP contribution in [0, 0.1) is 0 Å². The third kappa shape index (κ3) is 4.12. The molecule has 1 aromatic heterocycles. The number of carbonyl (C=O) groups excluding carboxylic acids is 1. The molecule has 0 aliphatic carbocycles. The molecule has 0 unspecified atom stereocenters. The number of nitrogens with one attached hydrogen (secondary N) is 1. The summed E-state index contributed by atoms with van der Waals surface area (Å²) >= 11 is 0. The number of amides is 1. The Kier molecular flexibility index (Phi) is 6.32. The van der Waals surface area contributed by atoms with Crippen molar-refractivity contribution in [3.05, 3.63) is 74.4 Å². The van der Waals surface area contributed by atoms with Crippen LogP contribution in [0.1, 0.15) is 30.5 Å². The van der Waals surface area contributed by atoms with Crippen LogP contribution in [0.5, 0.6) is 23.1 Å². The Labute approximate surface area is 199 Å². The van der Waals surface area contributed by atoms with Gasteiger partial charge in [-0.1, -0.05) is 12.1 Å². The van der Waals surface area contributed by atoms with Crippen LogP contribution in [0.15, 0.2) is 57.2 Å². The van der Waals surface area contributed by atoms with Gasteiger partial charge in [-0.15, -0.1) is 0 Å². The quantitative estimate of drug-likeness (QED) is 0.550. The van der Waals surface area contributed by atoms with Crippen molar-refractivity contribution in [3.63, 3.8) is 0 Å². The van der Waals surface area contributed by atoms with E-state index in [1.807, 2.05) is 0 Å². The number of hydrogen-bond donors (Lipinski definition) is 2. The fraction of sp³-hybridized carbons (Fsp3) is 0.250. The summed E-state index contributed by atoms with van der Waals surface area (Å²) in [7, 11) is 4.44. The van der Waals surface area contributed by atoms with E-state index < -0.39 is 23.2 Å². The minimum Gasteiger partial charge on any atom is -0.497 e. The number of rotatable bonds is 6. The van der Waals surface area contributed by atoms with Gasteiger partial charge in [0, 0.05) is 18.9 Å². The van der Waals surface area contributed by atoms with E-state index in [-0.39, 0.29) is 29.3 Å². The molecule has 2 heterocycles. The minimum atomic E-state index is -0.853. The first kappa shape index (κ1) is 23.6. The Balaban J connectivity index is 1.88. The predicted molar refractivity (Wildman–Crippen MR) is 127 cm³/mol. The molecule has 0 bridgehead atoms. The monoisotopic (exact) mass is 480 g/mol. The molecule has 11 heteroatoms. The van der Waals surface area contributed by atoms with Gasteiger partial charge in [0.05, 0.1) is 38.8 Å². The van der Waals surface area contributed by atoms with Crippen LogP contribution < -0.4 is 25.5 Å². The molecular weight excluding hydrogens is 456 g/mol. The zero-order chi connectivity index (χ0) is 25.3. The van der Waals surface area contributed by atoms with E-state index in [0.29, 0.717) is 22.8 Å². The van der Waals surface area contributed by atoms with Gasteiger partial charge < -0.3 is 19.3 Å². The maximum atomic E-state index is 12.8. The molecular formula is C24H24N4O7. The van der Waals surface area contributed by atoms with Crippen molar-refractivity contribution in [2.24, 2.45) is 5.10 Å². The van der Waals surface area contributed by atoms with Crippen molar-refractivity contribution in [1.82, 2.24) is 14.6 Å². The number of para-hydroxylation sites is 2. The van der Waals surface area contributed by atoms with Gasteiger partial charge in [-0.2, -0.15) is 5.10 Å². The van der Waals surface area contributed by atoms with Crippen LogP contribution in [0.25, 0.3) is 5.69 Å². The fourth-order valence-electron chi connectivity index (χ4n) is 4.12. The Hall–Kier alpha value is -4.54. The van der Waals surface area contributed by atoms with Gasteiger partial charge in [0.2, 0.25) is 11.8 Å². The second-order valence-electron chi connectivity index (χ2n) is 7.70. The Morgan fingerprint density at radius 2 is 1.77 bits per heavy atom. The molecule has 1 amide bonds. The minimum absolute atomic E-state index is 0.0733. The lowest BCUT2D eigenvalue weighted by molar-refractivity contribution is -0.130. The molecule has 1 atom stereocenters. The van der Waals surface area contributed by atoms with Gasteiger partial charge in [0.15, 0.2) is 0 Å². The summed E-state index contributed by atoms with van der Waals surface area (Å²) in [5.74, 6) is 0.340. The highest BCUT2D eigenvalue weighted by Crippen LogP contribution is 2.40. The van der Waals surface area contributed by atoms with Crippen LogP contribution in [-0.2, 0) is 4.79 Å². The van der Waals surface area contributed by atoms with Gasteiger partial charge in [0.25, 0.3) is 5.56 Å². The lowest BCUT2D eigenvalue weighted by Crippen LogP contribution is -2.33. The van der Waals surface area contributed by atoms with E-state index in [1.165, 1.54) is 33.3 Å². The lowest BCUT2D eigenvalue weighted by atomic mass is 9.98. The SMILES string of the molecule is COc1ccc(OC)c([C@@H]2CC(c3c(O)n(-c4ccccc4OC)c(=O)[nH]c3=O)=NN2C(C)=O)c1. The topological polar surface area (TPSA) is 135 Å². The number of aromatic hydroxyl groups is 1. The first-order chi connectivity index (χ1) is 16.8. The molecule has 0 saturated heterocycles. The maximum Gasteiger partial charge on any atom is 0.335 e. The van der Waals surface area contributed by atoms with Gasteiger partial charge in [-0.3, -0.25) is 14.6 Å². The Bertz CT molecular complexity index is 1440. The number of aromatic amines is 1. The summed E-state index contributed by atoms with van der Waals surface area (Å²) in [5.41, 5.74) is -0.964. The van der Waals surface area contributed by atoms with E-state index in [0.717, 1.165) is 4.57 Å². The van der Waals surface area contributed by atoms with Gasteiger partial charge >= 0.3 is 5.69 Å². The number of aromatic nitrogens is 2. The molecule has 1 aliphatic heterocycles. The summed E-state index contributed by atoms with van der Waals surface area (Å²) in [6.07, 6.45) is 0.0733. The molecule has 1 aliphatic rings. The molecule has 4 rings (SSSR count). The summed E-state index contributed by atoms with van der Waals surface area (Å²) < 4.78 is 17.0. The number of hydrazone groups is 1. The van der Waals surface area contributed by atoms with Crippen molar-refractivity contribution >= 4 is 11.6 Å². The Morgan fingerprint density at radius 3 is 2.43 bits per heavy atom. The molecule has 0 spiro atoms. The van der Waals surface area contributed by atoms with Crippen molar-refractivity contribution < 1.29 is 24.1 Å². The summed E-state index contributed by atoms with van der Waals surface area (Å²) in [5, 5.41) is 16.7. The van der Waals surface area contributed by atoms with Crippen molar-refractivity contribution in [2.45, 2.75) is 19.4 Å². The van der Waals surface area contributed by atoms with Crippen LogP contribution in [0.2, 0.25) is 0 Å². The largest absolute Gasteiger partial charge is 0.497 e. The van der Waals surface area contributed by atoms with E-state index in [9.17, 15) is 19.5 Å². The number of methoxy groups -OCH3 is 3. The van der Waals surface area contributed by atoms with Crippen LogP contribution in [-0.4, -0.2) is 52.6 Å². The molecule has 2 aromatic carbocycles. The van der Waals surface area contributed by atoms with Gasteiger partial charge in [-0.25, -0.2) is 14.4 Å². The van der Waals surface area contributed by atoms with Crippen molar-refractivity contribution in [1.29, 1.82) is 0 Å². The Morgan fingerprint density at radius 1 is 1.06 bits per heavy atom. The molecule has 0 radical (unpaired) electrons. The van der Waals surface area contributed by atoms with E-state index in [4.69, 9.17) is 14.2 Å². The number of ether oxygens (including phenoxy) is 3. The number of H-pyrrole nitrogens is 1. The lowest BCUT2D eigenvalue weighted by Gasteiger charge is -2.22. The average molecular weight is 480 g/mol. The summed E-state index contributed by atoms with van der Waals surface area (Å²) in [6, 6.07) is 11.0. The standard InChI is InChI=1S/C24H24N4O7/c1-13(29)28-18(15-11-14(33-2)9-10-19(15)34-3)12-16(26-28)21-22(30)25-24(32)27(23(21)31)17-7-5-6-8-20(17)35-4/h5-11,18,31H,12H2,1-4H3,(H,25,30,32)/t18-/m0/s1. The van der Waals surface area contributed by atoms with Crippen LogP contribution in [0.3, 0.4) is 0 Å². The predicted octanol–water partition coefficient (Wildman–Crippen LogP) is 1.95. The van der Waals surface area contributed by atoms with E-state index >= 15 is 0 Å². The highest BCUT2D eigenvalue weighted by molar-refractivity contribution is 6.04. The third-order valence-corrected chi connectivity index (χ3v) is 5.73. The highest BCUT2D eigenvalue weighted by atomic mass is 16.5. The second kappa shape index (κ2) is 9.37. The zero-order valence-electron chi connectivity index (χ0n) is 19.6. The molecule has 3 aromatic rings. The summed E-state index contributed by atoms with van der Waals surface area (Å²) in [4.78, 5) is 40.2. The number of carbonyl (C=O) groups is 1. The third-order valence-electron chi connectivity index (χ3n) is 5.73. The smallest absolute Gasteiger partial charge is 0.335 e. The van der Waals surface area contributed by atoms with Crippen LogP contribution >= 0.6 is 0 Å². The molecule has 0 fully saturated rings. The number of hydrogen-bond acceptors (Lipinski definition) is 8. The summed E-state index contributed by atoms with van der Waals surface area (Å²) in [6.45, 7) is 1.34. The first-order valence-corrected chi connectivity index (χ1v) is 10.6. The molecule has 2 N–H and O–H groups in total. The molecule has 182 valence electrons.